The van der Waals surface area contributed by atoms with Gasteiger partial charge in [-0.3, -0.25) is 0 Å². The summed E-state index contributed by atoms with van der Waals surface area (Å²) in [5.74, 6) is 1.49. The van der Waals surface area contributed by atoms with E-state index in [2.05, 4.69) is 59.0 Å². The molecule has 0 radical (unpaired) electrons. The van der Waals surface area contributed by atoms with Crippen LogP contribution in [0, 0.1) is 3.57 Å². The summed E-state index contributed by atoms with van der Waals surface area (Å²) in [5.41, 5.74) is 3.23. The second-order valence-corrected chi connectivity index (χ2v) is 8.95. The van der Waals surface area contributed by atoms with Crippen molar-refractivity contribution >= 4 is 56.0 Å². The smallest absolute Gasteiger partial charge is 0.247 e. The molecule has 0 amide bonds. The van der Waals surface area contributed by atoms with Crippen molar-refractivity contribution in [2.45, 2.75) is 18.3 Å². The average molecular weight is 557 g/mol. The molecule has 3 aromatic rings. The van der Waals surface area contributed by atoms with E-state index in [9.17, 15) is 5.11 Å². The summed E-state index contributed by atoms with van der Waals surface area (Å²) in [6.45, 7) is 2.04. The molecule has 2 N–H and O–H groups in total. The Labute approximate surface area is 182 Å². The summed E-state index contributed by atoms with van der Waals surface area (Å²) in [6.07, 6.45) is -0.492. The van der Waals surface area contributed by atoms with Crippen molar-refractivity contribution < 1.29 is 9.84 Å². The predicted octanol–water partition coefficient (Wildman–Crippen LogP) is 5.23. The van der Waals surface area contributed by atoms with Crippen LogP contribution in [0.1, 0.15) is 18.7 Å². The molecule has 1 unspecified atom stereocenters. The molecule has 0 fully saturated rings. The number of ether oxygens (including phenoxy) is 1. The van der Waals surface area contributed by atoms with Crippen molar-refractivity contribution in [2.75, 3.05) is 11.1 Å². The monoisotopic (exact) mass is 556 g/mol. The predicted molar refractivity (Wildman–Crippen MR) is 117 cm³/mol. The summed E-state index contributed by atoms with van der Waals surface area (Å²) in [7, 11) is 0. The van der Waals surface area contributed by atoms with Gasteiger partial charge in [-0.15, -0.1) is 10.2 Å². The van der Waals surface area contributed by atoms with E-state index in [1.807, 2.05) is 43.3 Å². The lowest BCUT2D eigenvalue weighted by atomic mass is 10.1. The quantitative estimate of drug-likeness (QED) is 0.338. The fraction of sp³-hybridized carbons (Fsp3) is 0.167. The number of hydrogen-bond acceptors (Lipinski definition) is 7. The number of para-hydroxylation sites is 1. The number of thioether (sulfide) groups is 1. The highest BCUT2D eigenvalue weighted by Crippen LogP contribution is 2.41. The molecule has 4 rings (SSSR count). The molecule has 1 aromatic heterocycles. The van der Waals surface area contributed by atoms with Crippen LogP contribution in [0.2, 0.25) is 0 Å². The molecule has 9 heteroatoms. The zero-order valence-electron chi connectivity index (χ0n) is 14.1. The van der Waals surface area contributed by atoms with Gasteiger partial charge in [0, 0.05) is 16.8 Å². The molecule has 2 heterocycles. The number of aromatic nitrogens is 3. The van der Waals surface area contributed by atoms with E-state index in [0.717, 1.165) is 26.1 Å². The lowest BCUT2D eigenvalue weighted by Crippen LogP contribution is -2.17. The summed E-state index contributed by atoms with van der Waals surface area (Å²) >= 11 is 7.01. The van der Waals surface area contributed by atoms with E-state index in [1.54, 1.807) is 0 Å². The Morgan fingerprint density at radius 3 is 2.89 bits per heavy atom. The maximum Gasteiger partial charge on any atom is 0.247 e. The number of phenols is 1. The van der Waals surface area contributed by atoms with Crippen LogP contribution in [0.5, 0.6) is 11.6 Å². The first-order valence-corrected chi connectivity index (χ1v) is 11.0. The molecule has 138 valence electrons. The Balaban J connectivity index is 1.84. The van der Waals surface area contributed by atoms with Crippen LogP contribution < -0.4 is 10.1 Å². The van der Waals surface area contributed by atoms with Gasteiger partial charge >= 0.3 is 0 Å². The van der Waals surface area contributed by atoms with Crippen molar-refractivity contribution in [1.82, 2.24) is 15.2 Å². The van der Waals surface area contributed by atoms with Crippen molar-refractivity contribution in [3.63, 3.8) is 0 Å². The first kappa shape index (κ1) is 18.8. The lowest BCUT2D eigenvalue weighted by molar-refractivity contribution is 0.225. The molecule has 27 heavy (non-hydrogen) atoms. The van der Waals surface area contributed by atoms with Gasteiger partial charge in [-0.05, 0) is 62.5 Å². The van der Waals surface area contributed by atoms with Gasteiger partial charge in [0.25, 0.3) is 0 Å². The van der Waals surface area contributed by atoms with Crippen LogP contribution in [0.25, 0.3) is 11.3 Å². The van der Waals surface area contributed by atoms with Crippen molar-refractivity contribution in [2.24, 2.45) is 0 Å². The average Bonchev–Trinajstić information content (AvgIpc) is 2.82. The highest BCUT2D eigenvalue weighted by molar-refractivity contribution is 14.1. The Morgan fingerprint density at radius 2 is 2.11 bits per heavy atom. The van der Waals surface area contributed by atoms with Crippen LogP contribution in [0.3, 0.4) is 0 Å². The number of nitrogens with zero attached hydrogens (tertiary/aromatic N) is 3. The first-order valence-electron chi connectivity index (χ1n) is 8.15. The third kappa shape index (κ3) is 3.72. The van der Waals surface area contributed by atoms with Gasteiger partial charge in [-0.1, -0.05) is 36.9 Å². The molecule has 1 aliphatic rings. The van der Waals surface area contributed by atoms with Crippen LogP contribution >= 0.6 is 50.3 Å². The summed E-state index contributed by atoms with van der Waals surface area (Å²) in [5, 5.41) is 22.6. The second-order valence-electron chi connectivity index (χ2n) is 5.70. The maximum atomic E-state index is 10.0. The third-order valence-corrected chi connectivity index (χ3v) is 6.10. The molecule has 0 spiro atoms. The van der Waals surface area contributed by atoms with Crippen LogP contribution in [0.15, 0.2) is 46.0 Å². The Hall–Kier alpha value is -1.59. The van der Waals surface area contributed by atoms with Gasteiger partial charge in [0.2, 0.25) is 11.0 Å². The first-order chi connectivity index (χ1) is 13.1. The fourth-order valence-electron chi connectivity index (χ4n) is 2.72. The number of hydrogen-bond donors (Lipinski definition) is 2. The van der Waals surface area contributed by atoms with Crippen LogP contribution in [-0.4, -0.2) is 26.0 Å². The van der Waals surface area contributed by atoms with Gasteiger partial charge in [0.1, 0.15) is 5.75 Å². The Kier molecular flexibility index (Phi) is 5.42. The third-order valence-electron chi connectivity index (χ3n) is 3.95. The molecule has 6 nitrogen and oxygen atoms in total. The largest absolute Gasteiger partial charge is 0.506 e. The topological polar surface area (TPSA) is 80.2 Å². The summed E-state index contributed by atoms with van der Waals surface area (Å²) in [6, 6.07) is 11.5. The van der Waals surface area contributed by atoms with E-state index < -0.39 is 6.23 Å². The number of halogens is 2. The van der Waals surface area contributed by atoms with Gasteiger partial charge in [0.05, 0.1) is 8.04 Å². The minimum absolute atomic E-state index is 0.208. The molecular formula is C18H14BrIN4O2S. The van der Waals surface area contributed by atoms with Crippen LogP contribution in [0.4, 0.5) is 5.69 Å². The van der Waals surface area contributed by atoms with Crippen molar-refractivity contribution in [1.29, 1.82) is 0 Å². The molecule has 0 aliphatic carbocycles. The molecule has 0 saturated heterocycles. The fourth-order valence-corrected chi connectivity index (χ4v) is 4.73. The van der Waals surface area contributed by atoms with E-state index in [0.29, 0.717) is 21.2 Å². The van der Waals surface area contributed by atoms with Gasteiger partial charge in [-0.2, -0.15) is 4.98 Å². The lowest BCUT2D eigenvalue weighted by Gasteiger charge is -2.20. The van der Waals surface area contributed by atoms with Crippen molar-refractivity contribution in [3.05, 3.63) is 50.0 Å². The van der Waals surface area contributed by atoms with Gasteiger partial charge in [0.15, 0.2) is 11.9 Å². The highest BCUT2D eigenvalue weighted by Gasteiger charge is 2.26. The SMILES string of the molecule is CCSc1nnc2c(n1)OC(c1cc(Br)c(O)c(I)c1)Nc1ccccc1-2. The van der Waals surface area contributed by atoms with E-state index in [-0.39, 0.29) is 5.75 Å². The van der Waals surface area contributed by atoms with E-state index >= 15 is 0 Å². The molecule has 1 aliphatic heterocycles. The molecule has 0 saturated carbocycles. The number of phenolic OH excluding ortho intramolecular Hbond substituents is 1. The standard InChI is InChI=1S/C18H14BrIN4O2S/c1-2-27-18-22-17-14(23-24-18)10-5-3-4-6-13(10)21-16(26-17)9-7-11(19)15(25)12(20)8-9/h3-8,16,21,25H,2H2,1H3. The van der Waals surface area contributed by atoms with Crippen molar-refractivity contribution in [3.8, 4) is 22.9 Å². The second kappa shape index (κ2) is 7.80. The number of aromatic hydroxyl groups is 1. The minimum atomic E-state index is -0.492. The Bertz CT molecular complexity index is 997. The number of anilines is 1. The highest BCUT2D eigenvalue weighted by atomic mass is 127. The molecule has 2 aromatic carbocycles. The van der Waals surface area contributed by atoms with Gasteiger partial charge in [-0.25, -0.2) is 0 Å². The number of benzene rings is 2. The molecule has 0 bridgehead atoms. The normalized spacial score (nSPS) is 15.1. The molecular weight excluding hydrogens is 543 g/mol. The minimum Gasteiger partial charge on any atom is -0.506 e. The number of nitrogens with one attached hydrogen (secondary N) is 1. The summed E-state index contributed by atoms with van der Waals surface area (Å²) < 4.78 is 7.55. The zero-order valence-corrected chi connectivity index (χ0v) is 18.7. The van der Waals surface area contributed by atoms with E-state index in [4.69, 9.17) is 4.74 Å². The summed E-state index contributed by atoms with van der Waals surface area (Å²) in [4.78, 5) is 4.56. The number of rotatable bonds is 3. The van der Waals surface area contributed by atoms with Crippen LogP contribution in [-0.2, 0) is 0 Å². The Morgan fingerprint density at radius 1 is 1.30 bits per heavy atom. The maximum absolute atomic E-state index is 10.0. The number of fused-ring (bicyclic) bond motifs is 3. The van der Waals surface area contributed by atoms with E-state index in [1.165, 1.54) is 11.8 Å². The van der Waals surface area contributed by atoms with Gasteiger partial charge < -0.3 is 15.2 Å². The zero-order chi connectivity index (χ0) is 19.0. The molecule has 1 atom stereocenters.